The van der Waals surface area contributed by atoms with Crippen molar-refractivity contribution in [1.82, 2.24) is 20.1 Å². The van der Waals surface area contributed by atoms with Crippen molar-refractivity contribution >= 4 is 11.3 Å². The standard InChI is InChI=1S/C14H26N4S/c1-12-13(19-11-16-12)9-17(4)10-14(2,3)18-7-5-15-6-8-18/h11,15H,5-10H2,1-4H3. The van der Waals surface area contributed by atoms with E-state index >= 15 is 0 Å². The number of piperazine rings is 1. The average molecular weight is 282 g/mol. The Balaban J connectivity index is 1.89. The second-order valence-electron chi connectivity index (χ2n) is 6.08. The van der Waals surface area contributed by atoms with Crippen LogP contribution in [0.4, 0.5) is 0 Å². The van der Waals surface area contributed by atoms with Crippen molar-refractivity contribution in [2.24, 2.45) is 0 Å². The summed E-state index contributed by atoms with van der Waals surface area (Å²) in [5.41, 5.74) is 3.35. The van der Waals surface area contributed by atoms with Crippen LogP contribution in [0, 0.1) is 6.92 Å². The molecule has 0 bridgehead atoms. The highest BCUT2D eigenvalue weighted by molar-refractivity contribution is 7.09. The number of nitrogens with one attached hydrogen (secondary N) is 1. The van der Waals surface area contributed by atoms with Gasteiger partial charge in [-0.25, -0.2) is 4.98 Å². The van der Waals surface area contributed by atoms with E-state index in [0.717, 1.165) is 39.3 Å². The van der Waals surface area contributed by atoms with Gasteiger partial charge in [-0.15, -0.1) is 11.3 Å². The Morgan fingerprint density at radius 3 is 2.68 bits per heavy atom. The van der Waals surface area contributed by atoms with Gasteiger partial charge in [-0.3, -0.25) is 9.80 Å². The molecule has 1 saturated heterocycles. The molecule has 0 aromatic carbocycles. The van der Waals surface area contributed by atoms with Crippen LogP contribution in [0.1, 0.15) is 24.4 Å². The third kappa shape index (κ3) is 3.99. The molecule has 2 rings (SSSR count). The van der Waals surface area contributed by atoms with E-state index in [9.17, 15) is 0 Å². The van der Waals surface area contributed by atoms with Crippen molar-refractivity contribution in [3.8, 4) is 0 Å². The summed E-state index contributed by atoms with van der Waals surface area (Å²) in [5.74, 6) is 0. The van der Waals surface area contributed by atoms with Gasteiger partial charge in [0.15, 0.2) is 0 Å². The second-order valence-corrected chi connectivity index (χ2v) is 7.02. The third-order valence-corrected chi connectivity index (χ3v) is 4.81. The molecular formula is C14H26N4S. The molecule has 108 valence electrons. The largest absolute Gasteiger partial charge is 0.314 e. The fourth-order valence-electron chi connectivity index (χ4n) is 2.81. The highest BCUT2D eigenvalue weighted by Crippen LogP contribution is 2.19. The van der Waals surface area contributed by atoms with E-state index in [1.165, 1.54) is 10.6 Å². The Bertz CT molecular complexity index is 396. The molecule has 1 N–H and O–H groups in total. The number of likely N-dealkylation sites (N-methyl/N-ethyl adjacent to an activating group) is 1. The number of hydrogen-bond donors (Lipinski definition) is 1. The summed E-state index contributed by atoms with van der Waals surface area (Å²) in [7, 11) is 2.21. The maximum Gasteiger partial charge on any atom is 0.0798 e. The van der Waals surface area contributed by atoms with E-state index in [1.54, 1.807) is 11.3 Å². The predicted molar refractivity (Wildman–Crippen MR) is 81.7 cm³/mol. The molecule has 0 unspecified atom stereocenters. The first-order chi connectivity index (χ1) is 8.99. The van der Waals surface area contributed by atoms with Gasteiger partial charge in [0, 0.05) is 49.7 Å². The van der Waals surface area contributed by atoms with Crippen LogP contribution >= 0.6 is 11.3 Å². The van der Waals surface area contributed by atoms with Crippen molar-refractivity contribution in [2.45, 2.75) is 32.9 Å². The van der Waals surface area contributed by atoms with Gasteiger partial charge in [0.1, 0.15) is 0 Å². The first kappa shape index (κ1) is 14.9. The van der Waals surface area contributed by atoms with E-state index < -0.39 is 0 Å². The molecule has 0 saturated carbocycles. The van der Waals surface area contributed by atoms with E-state index in [2.05, 4.69) is 47.9 Å². The summed E-state index contributed by atoms with van der Waals surface area (Å²) < 4.78 is 0. The smallest absolute Gasteiger partial charge is 0.0798 e. The first-order valence-electron chi connectivity index (χ1n) is 7.02. The van der Waals surface area contributed by atoms with Gasteiger partial charge in [0.05, 0.1) is 11.2 Å². The summed E-state index contributed by atoms with van der Waals surface area (Å²) in [6.45, 7) is 13.4. The van der Waals surface area contributed by atoms with Gasteiger partial charge in [-0.05, 0) is 27.8 Å². The molecule has 2 heterocycles. The van der Waals surface area contributed by atoms with Crippen LogP contribution in [0.15, 0.2) is 5.51 Å². The van der Waals surface area contributed by atoms with Crippen molar-refractivity contribution in [2.75, 3.05) is 39.8 Å². The summed E-state index contributed by atoms with van der Waals surface area (Å²) in [5, 5.41) is 3.42. The molecule has 0 radical (unpaired) electrons. The Morgan fingerprint density at radius 2 is 2.11 bits per heavy atom. The summed E-state index contributed by atoms with van der Waals surface area (Å²) >= 11 is 1.76. The highest BCUT2D eigenvalue weighted by atomic mass is 32.1. The molecule has 19 heavy (non-hydrogen) atoms. The third-order valence-electron chi connectivity index (χ3n) is 3.89. The molecule has 1 fully saturated rings. The molecule has 1 aliphatic rings. The molecule has 1 aliphatic heterocycles. The molecule has 0 spiro atoms. The van der Waals surface area contributed by atoms with Crippen LogP contribution in [0.5, 0.6) is 0 Å². The fraction of sp³-hybridized carbons (Fsp3) is 0.786. The van der Waals surface area contributed by atoms with Crippen molar-refractivity contribution < 1.29 is 0 Å². The molecule has 0 aliphatic carbocycles. The quantitative estimate of drug-likeness (QED) is 0.888. The lowest BCUT2D eigenvalue weighted by atomic mass is 10.0. The topological polar surface area (TPSA) is 31.4 Å². The Hall–Kier alpha value is -0.490. The van der Waals surface area contributed by atoms with E-state index in [0.29, 0.717) is 0 Å². The van der Waals surface area contributed by atoms with Gasteiger partial charge in [-0.2, -0.15) is 0 Å². The minimum absolute atomic E-state index is 0.232. The first-order valence-corrected chi connectivity index (χ1v) is 7.90. The van der Waals surface area contributed by atoms with Crippen molar-refractivity contribution in [1.29, 1.82) is 0 Å². The SMILES string of the molecule is Cc1ncsc1CN(C)CC(C)(C)N1CCNCC1. The monoisotopic (exact) mass is 282 g/mol. The Labute approximate surface area is 120 Å². The van der Waals surface area contributed by atoms with E-state index in [-0.39, 0.29) is 5.54 Å². The highest BCUT2D eigenvalue weighted by Gasteiger charge is 2.29. The molecule has 4 nitrogen and oxygen atoms in total. The van der Waals surface area contributed by atoms with Crippen LogP contribution in [-0.2, 0) is 6.54 Å². The molecule has 0 atom stereocenters. The number of rotatable bonds is 5. The van der Waals surface area contributed by atoms with Crippen LogP contribution in [-0.4, -0.2) is 60.1 Å². The Morgan fingerprint density at radius 1 is 1.42 bits per heavy atom. The molecular weight excluding hydrogens is 256 g/mol. The maximum absolute atomic E-state index is 4.33. The normalized spacial score (nSPS) is 18.2. The van der Waals surface area contributed by atoms with Crippen molar-refractivity contribution in [3.63, 3.8) is 0 Å². The number of hydrogen-bond acceptors (Lipinski definition) is 5. The molecule has 0 amide bonds. The minimum atomic E-state index is 0.232. The maximum atomic E-state index is 4.33. The van der Waals surface area contributed by atoms with Crippen molar-refractivity contribution in [3.05, 3.63) is 16.1 Å². The summed E-state index contributed by atoms with van der Waals surface area (Å²) in [6.07, 6.45) is 0. The molecule has 1 aromatic rings. The lowest BCUT2D eigenvalue weighted by Crippen LogP contribution is -2.57. The number of aromatic nitrogens is 1. The summed E-state index contributed by atoms with van der Waals surface area (Å²) in [6, 6.07) is 0. The average Bonchev–Trinajstić information content (AvgIpc) is 2.75. The zero-order valence-electron chi connectivity index (χ0n) is 12.6. The lowest BCUT2D eigenvalue weighted by molar-refractivity contribution is 0.0695. The van der Waals surface area contributed by atoms with Gasteiger partial charge < -0.3 is 5.32 Å². The van der Waals surface area contributed by atoms with Gasteiger partial charge in [-0.1, -0.05) is 0 Å². The van der Waals surface area contributed by atoms with Crippen LogP contribution < -0.4 is 5.32 Å². The van der Waals surface area contributed by atoms with E-state index in [4.69, 9.17) is 0 Å². The molecule has 5 heteroatoms. The zero-order valence-corrected chi connectivity index (χ0v) is 13.4. The number of aryl methyl sites for hydroxylation is 1. The van der Waals surface area contributed by atoms with Crippen LogP contribution in [0.2, 0.25) is 0 Å². The Kier molecular flexibility index (Phi) is 4.95. The van der Waals surface area contributed by atoms with Gasteiger partial charge in [0.2, 0.25) is 0 Å². The predicted octanol–water partition coefficient (Wildman–Crippen LogP) is 1.57. The zero-order chi connectivity index (χ0) is 13.9. The van der Waals surface area contributed by atoms with Crippen LogP contribution in [0.25, 0.3) is 0 Å². The second kappa shape index (κ2) is 6.31. The summed E-state index contributed by atoms with van der Waals surface area (Å²) in [4.78, 5) is 10.7. The van der Waals surface area contributed by atoms with E-state index in [1.807, 2.05) is 5.51 Å². The number of thiazole rings is 1. The fourth-order valence-corrected chi connectivity index (χ4v) is 3.67. The van der Waals surface area contributed by atoms with Gasteiger partial charge in [0.25, 0.3) is 0 Å². The minimum Gasteiger partial charge on any atom is -0.314 e. The molecule has 1 aromatic heterocycles. The van der Waals surface area contributed by atoms with Gasteiger partial charge >= 0.3 is 0 Å². The van der Waals surface area contributed by atoms with Crippen LogP contribution in [0.3, 0.4) is 0 Å². The number of nitrogens with zero attached hydrogens (tertiary/aromatic N) is 3. The lowest BCUT2D eigenvalue weighted by Gasteiger charge is -2.43.